The van der Waals surface area contributed by atoms with Crippen molar-refractivity contribution < 1.29 is 5.11 Å². The van der Waals surface area contributed by atoms with E-state index in [1.54, 1.807) is 18.6 Å². The van der Waals surface area contributed by atoms with Crippen molar-refractivity contribution in [2.45, 2.75) is 20.0 Å². The zero-order valence-corrected chi connectivity index (χ0v) is 8.59. The maximum Gasteiger partial charge on any atom is 0.112 e. The first kappa shape index (κ1) is 9.86. The van der Waals surface area contributed by atoms with Gasteiger partial charge in [-0.15, -0.1) is 0 Å². The number of hydrogen-bond acceptors (Lipinski definition) is 3. The Morgan fingerprint density at radius 1 is 1.40 bits per heavy atom. The minimum atomic E-state index is 0.0131. The molecule has 0 saturated carbocycles. The Bertz CT molecular complexity index is 451. The van der Waals surface area contributed by atoms with E-state index in [0.29, 0.717) is 0 Å². The van der Waals surface area contributed by atoms with Crippen LogP contribution in [-0.2, 0) is 13.0 Å². The van der Waals surface area contributed by atoms with Gasteiger partial charge in [-0.05, 0) is 6.07 Å². The van der Waals surface area contributed by atoms with Crippen molar-refractivity contribution in [3.63, 3.8) is 0 Å². The van der Waals surface area contributed by atoms with Crippen LogP contribution in [0.15, 0.2) is 30.9 Å². The second-order valence-corrected chi connectivity index (χ2v) is 3.23. The number of aryl methyl sites for hydroxylation is 1. The molecule has 0 fully saturated rings. The van der Waals surface area contributed by atoms with Crippen LogP contribution in [0.5, 0.6) is 0 Å². The van der Waals surface area contributed by atoms with Gasteiger partial charge in [0.05, 0.1) is 18.5 Å². The first-order chi connectivity index (χ1) is 7.36. The summed E-state index contributed by atoms with van der Waals surface area (Å²) in [6, 6.07) is 1.81. The van der Waals surface area contributed by atoms with Crippen molar-refractivity contribution in [2.75, 3.05) is 0 Å². The first-order valence-corrected chi connectivity index (χ1v) is 4.93. The SMILES string of the molecule is CCc1nccn1-c1cnccc1CO. The number of pyridine rings is 1. The van der Waals surface area contributed by atoms with Crippen LogP contribution in [0.1, 0.15) is 18.3 Å². The Labute approximate surface area is 88.2 Å². The number of aliphatic hydroxyl groups excluding tert-OH is 1. The molecule has 0 aliphatic carbocycles. The van der Waals surface area contributed by atoms with Crippen molar-refractivity contribution in [2.24, 2.45) is 0 Å². The third-order valence-electron chi connectivity index (χ3n) is 2.35. The molecular weight excluding hydrogens is 190 g/mol. The molecule has 0 atom stereocenters. The predicted molar refractivity (Wildman–Crippen MR) is 56.7 cm³/mol. The fraction of sp³-hybridized carbons (Fsp3) is 0.273. The first-order valence-electron chi connectivity index (χ1n) is 4.93. The number of hydrogen-bond donors (Lipinski definition) is 1. The van der Waals surface area contributed by atoms with Gasteiger partial charge in [-0.2, -0.15) is 0 Å². The average molecular weight is 203 g/mol. The molecule has 2 rings (SSSR count). The Morgan fingerprint density at radius 3 is 3.00 bits per heavy atom. The molecule has 4 heteroatoms. The van der Waals surface area contributed by atoms with E-state index < -0.39 is 0 Å². The van der Waals surface area contributed by atoms with Crippen LogP contribution < -0.4 is 0 Å². The van der Waals surface area contributed by atoms with E-state index in [-0.39, 0.29) is 6.61 Å². The second kappa shape index (κ2) is 4.23. The molecular formula is C11H13N3O. The lowest BCUT2D eigenvalue weighted by molar-refractivity contribution is 0.281. The molecule has 0 bridgehead atoms. The fourth-order valence-corrected chi connectivity index (χ4v) is 1.58. The van der Waals surface area contributed by atoms with E-state index in [1.807, 2.05) is 23.8 Å². The predicted octanol–water partition coefficient (Wildman–Crippen LogP) is 1.32. The maximum atomic E-state index is 9.22. The van der Waals surface area contributed by atoms with E-state index in [2.05, 4.69) is 9.97 Å². The lowest BCUT2D eigenvalue weighted by Crippen LogP contribution is -2.03. The summed E-state index contributed by atoms with van der Waals surface area (Å²) in [5, 5.41) is 9.22. The zero-order valence-electron chi connectivity index (χ0n) is 8.59. The molecule has 0 aliphatic heterocycles. The quantitative estimate of drug-likeness (QED) is 0.818. The Morgan fingerprint density at radius 2 is 2.27 bits per heavy atom. The van der Waals surface area contributed by atoms with Crippen LogP contribution in [0.2, 0.25) is 0 Å². The van der Waals surface area contributed by atoms with Gasteiger partial charge in [-0.1, -0.05) is 6.92 Å². The largest absolute Gasteiger partial charge is 0.392 e. The smallest absolute Gasteiger partial charge is 0.112 e. The van der Waals surface area contributed by atoms with Crippen molar-refractivity contribution >= 4 is 0 Å². The highest BCUT2D eigenvalue weighted by molar-refractivity contribution is 5.38. The minimum absolute atomic E-state index is 0.0131. The van der Waals surface area contributed by atoms with E-state index in [4.69, 9.17) is 0 Å². The molecule has 0 radical (unpaired) electrons. The Kier molecular flexibility index (Phi) is 2.78. The van der Waals surface area contributed by atoms with Crippen LogP contribution in [0.4, 0.5) is 0 Å². The lowest BCUT2D eigenvalue weighted by atomic mass is 10.2. The summed E-state index contributed by atoms with van der Waals surface area (Å²) in [6.07, 6.45) is 7.92. The monoisotopic (exact) mass is 203 g/mol. The summed E-state index contributed by atoms with van der Waals surface area (Å²) in [4.78, 5) is 8.30. The van der Waals surface area contributed by atoms with E-state index >= 15 is 0 Å². The molecule has 4 nitrogen and oxygen atoms in total. The molecule has 78 valence electrons. The highest BCUT2D eigenvalue weighted by Gasteiger charge is 2.06. The second-order valence-electron chi connectivity index (χ2n) is 3.23. The van der Waals surface area contributed by atoms with E-state index in [0.717, 1.165) is 23.5 Å². The lowest BCUT2D eigenvalue weighted by Gasteiger charge is -2.09. The van der Waals surface area contributed by atoms with Gasteiger partial charge < -0.3 is 9.67 Å². The van der Waals surface area contributed by atoms with Crippen LogP contribution in [0.25, 0.3) is 5.69 Å². The number of aliphatic hydroxyl groups is 1. The molecule has 2 aromatic rings. The van der Waals surface area contributed by atoms with E-state index in [9.17, 15) is 5.11 Å². The van der Waals surface area contributed by atoms with Crippen molar-refractivity contribution in [3.8, 4) is 5.69 Å². The average Bonchev–Trinajstić information content (AvgIpc) is 2.76. The minimum Gasteiger partial charge on any atom is -0.392 e. The molecule has 15 heavy (non-hydrogen) atoms. The van der Waals surface area contributed by atoms with Gasteiger partial charge in [0.2, 0.25) is 0 Å². The maximum absolute atomic E-state index is 9.22. The normalized spacial score (nSPS) is 10.5. The van der Waals surface area contributed by atoms with Crippen molar-refractivity contribution in [1.29, 1.82) is 0 Å². The van der Waals surface area contributed by atoms with Gasteiger partial charge in [-0.25, -0.2) is 4.98 Å². The van der Waals surface area contributed by atoms with Crippen LogP contribution in [-0.4, -0.2) is 19.6 Å². The molecule has 0 aliphatic rings. The number of aromatic nitrogens is 3. The van der Waals surface area contributed by atoms with Crippen molar-refractivity contribution in [3.05, 3.63) is 42.2 Å². The molecule has 0 spiro atoms. The van der Waals surface area contributed by atoms with Gasteiger partial charge in [0.15, 0.2) is 0 Å². The third-order valence-corrected chi connectivity index (χ3v) is 2.35. The van der Waals surface area contributed by atoms with Gasteiger partial charge in [-0.3, -0.25) is 4.98 Å². The van der Waals surface area contributed by atoms with Crippen LogP contribution >= 0.6 is 0 Å². The zero-order chi connectivity index (χ0) is 10.7. The number of nitrogens with zero attached hydrogens (tertiary/aromatic N) is 3. The molecule has 0 amide bonds. The van der Waals surface area contributed by atoms with Gasteiger partial charge in [0.1, 0.15) is 5.82 Å². The topological polar surface area (TPSA) is 50.9 Å². The summed E-state index contributed by atoms with van der Waals surface area (Å²) in [5.74, 6) is 0.970. The Balaban J connectivity index is 2.53. The molecule has 0 saturated heterocycles. The van der Waals surface area contributed by atoms with Gasteiger partial charge in [0, 0.05) is 30.6 Å². The molecule has 2 aromatic heterocycles. The van der Waals surface area contributed by atoms with Gasteiger partial charge >= 0.3 is 0 Å². The summed E-state index contributed by atoms with van der Waals surface area (Å²) in [6.45, 7) is 2.06. The molecule has 2 heterocycles. The Hall–Kier alpha value is -1.68. The third kappa shape index (κ3) is 1.76. The molecule has 1 N–H and O–H groups in total. The highest BCUT2D eigenvalue weighted by Crippen LogP contribution is 2.15. The summed E-state index contributed by atoms with van der Waals surface area (Å²) in [7, 11) is 0. The molecule has 0 unspecified atom stereocenters. The standard InChI is InChI=1S/C11H13N3O/c1-2-11-13-5-6-14(11)10-7-12-4-3-9(10)8-15/h3-7,15H,2,8H2,1H3. The summed E-state index contributed by atoms with van der Waals surface area (Å²) >= 11 is 0. The van der Waals surface area contributed by atoms with Crippen LogP contribution in [0.3, 0.4) is 0 Å². The summed E-state index contributed by atoms with van der Waals surface area (Å²) in [5.41, 5.74) is 1.76. The molecule has 0 aromatic carbocycles. The summed E-state index contributed by atoms with van der Waals surface area (Å²) < 4.78 is 1.96. The van der Waals surface area contributed by atoms with Crippen LogP contribution in [0, 0.1) is 0 Å². The number of imidazole rings is 1. The van der Waals surface area contributed by atoms with Crippen molar-refractivity contribution in [1.82, 2.24) is 14.5 Å². The van der Waals surface area contributed by atoms with E-state index in [1.165, 1.54) is 0 Å². The fourth-order valence-electron chi connectivity index (χ4n) is 1.58. The van der Waals surface area contributed by atoms with Gasteiger partial charge in [0.25, 0.3) is 0 Å². The highest BCUT2D eigenvalue weighted by atomic mass is 16.3. The number of rotatable bonds is 3.